The molecule has 3 aromatic rings. The number of hydrogen-bond acceptors (Lipinski definition) is 5. The smallest absolute Gasteiger partial charge is 0.234 e. The maximum absolute atomic E-state index is 12.3. The van der Waals surface area contributed by atoms with Crippen molar-refractivity contribution >= 4 is 39.3 Å². The zero-order valence-corrected chi connectivity index (χ0v) is 19.2. The number of benzene rings is 2. The van der Waals surface area contributed by atoms with Gasteiger partial charge in [0.2, 0.25) is 5.91 Å². The molecule has 0 atom stereocenters. The number of nitrogens with zero attached hydrogens (tertiary/aromatic N) is 3. The summed E-state index contributed by atoms with van der Waals surface area (Å²) in [6, 6.07) is 11.8. The summed E-state index contributed by atoms with van der Waals surface area (Å²) >= 11 is 4.77. The Hall–Kier alpha value is -2.32. The molecule has 1 heterocycles. The van der Waals surface area contributed by atoms with E-state index in [1.807, 2.05) is 55.8 Å². The summed E-state index contributed by atoms with van der Waals surface area (Å²) in [5, 5.41) is 12.0. The Morgan fingerprint density at radius 1 is 1.14 bits per heavy atom. The van der Waals surface area contributed by atoms with Gasteiger partial charge >= 0.3 is 0 Å². The predicted octanol–water partition coefficient (Wildman–Crippen LogP) is 4.81. The topological polar surface area (TPSA) is 69.0 Å². The SMILES string of the molecule is Cc1ccc(OCc2nnc(SCC(=O)Nc3ccc(Br)cc3C)n2C)c(C)c1. The van der Waals surface area contributed by atoms with E-state index in [0.29, 0.717) is 17.6 Å². The second-order valence-electron chi connectivity index (χ2n) is 6.81. The molecule has 0 aliphatic heterocycles. The highest BCUT2D eigenvalue weighted by molar-refractivity contribution is 9.10. The van der Waals surface area contributed by atoms with Crippen molar-refractivity contribution in [2.75, 3.05) is 11.1 Å². The third-order valence-electron chi connectivity index (χ3n) is 4.41. The highest BCUT2D eigenvalue weighted by Crippen LogP contribution is 2.23. The van der Waals surface area contributed by atoms with Gasteiger partial charge in [0.25, 0.3) is 0 Å². The van der Waals surface area contributed by atoms with Crippen molar-refractivity contribution in [1.29, 1.82) is 0 Å². The highest BCUT2D eigenvalue weighted by atomic mass is 79.9. The van der Waals surface area contributed by atoms with Crippen molar-refractivity contribution in [1.82, 2.24) is 14.8 Å². The van der Waals surface area contributed by atoms with Gasteiger partial charge < -0.3 is 14.6 Å². The van der Waals surface area contributed by atoms with Gasteiger partial charge in [-0.1, -0.05) is 45.4 Å². The molecule has 0 aliphatic carbocycles. The first-order chi connectivity index (χ1) is 13.8. The molecule has 1 amide bonds. The van der Waals surface area contributed by atoms with Gasteiger partial charge in [0.1, 0.15) is 12.4 Å². The second-order valence-corrected chi connectivity index (χ2v) is 8.67. The molecule has 0 saturated carbocycles. The average Bonchev–Trinajstić information content (AvgIpc) is 3.01. The van der Waals surface area contributed by atoms with Crippen LogP contribution in [0.15, 0.2) is 46.0 Å². The lowest BCUT2D eigenvalue weighted by atomic mass is 10.1. The number of amides is 1. The van der Waals surface area contributed by atoms with Gasteiger partial charge in [0, 0.05) is 17.2 Å². The lowest BCUT2D eigenvalue weighted by Crippen LogP contribution is -2.15. The molecular formula is C21H23BrN4O2S. The molecule has 0 bridgehead atoms. The molecule has 0 radical (unpaired) electrons. The first-order valence-electron chi connectivity index (χ1n) is 9.10. The van der Waals surface area contributed by atoms with E-state index in [1.54, 1.807) is 0 Å². The fraction of sp³-hybridized carbons (Fsp3) is 0.286. The van der Waals surface area contributed by atoms with Gasteiger partial charge in [-0.2, -0.15) is 0 Å². The van der Waals surface area contributed by atoms with Gasteiger partial charge in [-0.3, -0.25) is 4.79 Å². The van der Waals surface area contributed by atoms with Crippen LogP contribution >= 0.6 is 27.7 Å². The zero-order valence-electron chi connectivity index (χ0n) is 16.8. The minimum atomic E-state index is -0.0866. The largest absolute Gasteiger partial charge is 0.485 e. The fourth-order valence-electron chi connectivity index (χ4n) is 2.78. The van der Waals surface area contributed by atoms with Crippen LogP contribution in [0.3, 0.4) is 0 Å². The first kappa shape index (κ1) is 21.4. The summed E-state index contributed by atoms with van der Waals surface area (Å²) < 4.78 is 8.72. The number of aryl methyl sites for hydroxylation is 3. The van der Waals surface area contributed by atoms with E-state index in [2.05, 4.69) is 44.4 Å². The summed E-state index contributed by atoms with van der Waals surface area (Å²) in [6.07, 6.45) is 0. The molecule has 0 saturated heterocycles. The number of hydrogen-bond donors (Lipinski definition) is 1. The first-order valence-corrected chi connectivity index (χ1v) is 10.9. The molecule has 29 heavy (non-hydrogen) atoms. The van der Waals surface area contributed by atoms with Gasteiger partial charge in [-0.05, 0) is 56.2 Å². The Kier molecular flexibility index (Phi) is 6.97. The predicted molar refractivity (Wildman–Crippen MR) is 119 cm³/mol. The van der Waals surface area contributed by atoms with E-state index in [9.17, 15) is 4.79 Å². The summed E-state index contributed by atoms with van der Waals surface area (Å²) in [5.41, 5.74) is 4.09. The van der Waals surface area contributed by atoms with Crippen molar-refractivity contribution < 1.29 is 9.53 Å². The zero-order chi connectivity index (χ0) is 21.0. The molecule has 2 aromatic carbocycles. The number of carbonyl (C=O) groups excluding carboxylic acids is 1. The Morgan fingerprint density at radius 3 is 2.66 bits per heavy atom. The lowest BCUT2D eigenvalue weighted by molar-refractivity contribution is -0.113. The van der Waals surface area contributed by atoms with Gasteiger partial charge in [-0.25, -0.2) is 0 Å². The summed E-state index contributed by atoms with van der Waals surface area (Å²) in [4.78, 5) is 12.3. The van der Waals surface area contributed by atoms with Crippen LogP contribution in [-0.2, 0) is 18.4 Å². The fourth-order valence-corrected chi connectivity index (χ4v) is 3.99. The number of halogens is 1. The summed E-state index contributed by atoms with van der Waals surface area (Å²) in [5.74, 6) is 1.70. The quantitative estimate of drug-likeness (QED) is 0.497. The highest BCUT2D eigenvalue weighted by Gasteiger charge is 2.13. The monoisotopic (exact) mass is 474 g/mol. The third-order valence-corrected chi connectivity index (χ3v) is 5.92. The Bertz CT molecular complexity index is 1040. The van der Waals surface area contributed by atoms with Crippen molar-refractivity contribution in [3.05, 3.63) is 63.4 Å². The van der Waals surface area contributed by atoms with E-state index in [0.717, 1.165) is 27.0 Å². The minimum Gasteiger partial charge on any atom is -0.485 e. The van der Waals surface area contributed by atoms with Crippen molar-refractivity contribution in [3.63, 3.8) is 0 Å². The van der Waals surface area contributed by atoms with Crippen LogP contribution in [0.5, 0.6) is 5.75 Å². The number of ether oxygens (including phenoxy) is 1. The van der Waals surface area contributed by atoms with E-state index in [4.69, 9.17) is 4.74 Å². The molecule has 0 spiro atoms. The molecule has 0 aliphatic rings. The normalized spacial score (nSPS) is 10.8. The van der Waals surface area contributed by atoms with Gasteiger partial charge in [0.05, 0.1) is 5.75 Å². The van der Waals surface area contributed by atoms with Gasteiger partial charge in [-0.15, -0.1) is 10.2 Å². The average molecular weight is 475 g/mol. The van der Waals surface area contributed by atoms with Crippen molar-refractivity contribution in [2.24, 2.45) is 7.05 Å². The minimum absolute atomic E-state index is 0.0866. The summed E-state index contributed by atoms with van der Waals surface area (Å²) in [6.45, 7) is 6.35. The molecule has 3 rings (SSSR count). The van der Waals surface area contributed by atoms with Crippen molar-refractivity contribution in [2.45, 2.75) is 32.5 Å². The molecule has 0 fully saturated rings. The Morgan fingerprint density at radius 2 is 1.93 bits per heavy atom. The number of carbonyl (C=O) groups is 1. The third kappa shape index (κ3) is 5.61. The number of anilines is 1. The van der Waals surface area contributed by atoms with Crippen LogP contribution in [0.25, 0.3) is 0 Å². The van der Waals surface area contributed by atoms with Crippen LogP contribution in [0, 0.1) is 20.8 Å². The second kappa shape index (κ2) is 9.45. The molecule has 6 nitrogen and oxygen atoms in total. The van der Waals surface area contributed by atoms with Crippen molar-refractivity contribution in [3.8, 4) is 5.75 Å². The molecule has 1 aromatic heterocycles. The number of aromatic nitrogens is 3. The van der Waals surface area contributed by atoms with E-state index in [-0.39, 0.29) is 11.7 Å². The molecular weight excluding hydrogens is 452 g/mol. The molecule has 0 unspecified atom stereocenters. The van der Waals surface area contributed by atoms with Crippen LogP contribution in [0.2, 0.25) is 0 Å². The Labute approximate surface area is 183 Å². The van der Waals surface area contributed by atoms with E-state index >= 15 is 0 Å². The van der Waals surface area contributed by atoms with E-state index in [1.165, 1.54) is 17.3 Å². The van der Waals surface area contributed by atoms with Crippen LogP contribution in [-0.4, -0.2) is 26.4 Å². The van der Waals surface area contributed by atoms with Crippen LogP contribution in [0.4, 0.5) is 5.69 Å². The van der Waals surface area contributed by atoms with E-state index < -0.39 is 0 Å². The number of nitrogens with one attached hydrogen (secondary N) is 1. The van der Waals surface area contributed by atoms with Crippen LogP contribution in [0.1, 0.15) is 22.5 Å². The number of thioether (sulfide) groups is 1. The maximum atomic E-state index is 12.3. The molecule has 152 valence electrons. The molecule has 8 heteroatoms. The molecule has 1 N–H and O–H groups in total. The lowest BCUT2D eigenvalue weighted by Gasteiger charge is -2.10. The van der Waals surface area contributed by atoms with Gasteiger partial charge in [0.15, 0.2) is 11.0 Å². The van der Waals surface area contributed by atoms with Crippen LogP contribution < -0.4 is 10.1 Å². The number of rotatable bonds is 7. The summed E-state index contributed by atoms with van der Waals surface area (Å²) in [7, 11) is 1.87. The maximum Gasteiger partial charge on any atom is 0.234 e. The Balaban J connectivity index is 1.55. The standard InChI is InChI=1S/C21H23BrN4O2S/c1-13-5-8-18(15(3)9-13)28-11-19-24-25-21(26(19)4)29-12-20(27)23-17-7-6-16(22)10-14(17)2/h5-10H,11-12H2,1-4H3,(H,23,27).